The zero-order chi connectivity index (χ0) is 21.8. The molecule has 0 saturated carbocycles. The molecule has 8 heteroatoms. The van der Waals surface area contributed by atoms with Crippen LogP contribution in [-0.4, -0.2) is 36.7 Å². The molecule has 3 rings (SSSR count). The van der Waals surface area contributed by atoms with Crippen molar-refractivity contribution in [2.24, 2.45) is 0 Å². The molecular weight excluding hydrogens is 406 g/mol. The number of rotatable bonds is 7. The molecule has 1 aromatic heterocycles. The van der Waals surface area contributed by atoms with E-state index in [-0.39, 0.29) is 11.6 Å². The Morgan fingerprint density at radius 3 is 2.23 bits per heavy atom. The summed E-state index contributed by atoms with van der Waals surface area (Å²) in [5.74, 6) is 0.549. The standard InChI is InChI=1S/C22H24ClN3O4/c1-6-7-30-22-20(24-15-8-12(2)13(3)9-16(15)26-22)21(27)25-17-10-14(23)18(28-4)11-19(17)29-5/h8-11H,6-7H2,1-5H3,(H,25,27). The molecule has 30 heavy (non-hydrogen) atoms. The van der Waals surface area contributed by atoms with Crippen molar-refractivity contribution in [2.45, 2.75) is 27.2 Å². The Labute approximate surface area is 180 Å². The van der Waals surface area contributed by atoms with Crippen LogP contribution in [0.15, 0.2) is 24.3 Å². The number of aryl methyl sites for hydroxylation is 2. The van der Waals surface area contributed by atoms with Crippen LogP contribution in [0.3, 0.4) is 0 Å². The first-order chi connectivity index (χ1) is 14.4. The molecule has 0 saturated heterocycles. The lowest BCUT2D eigenvalue weighted by Gasteiger charge is -2.15. The van der Waals surface area contributed by atoms with E-state index < -0.39 is 5.91 Å². The molecule has 0 aliphatic carbocycles. The molecule has 1 heterocycles. The van der Waals surface area contributed by atoms with Crippen molar-refractivity contribution in [2.75, 3.05) is 26.1 Å². The first-order valence-electron chi connectivity index (χ1n) is 9.52. The van der Waals surface area contributed by atoms with Gasteiger partial charge in [0.05, 0.1) is 42.6 Å². The molecule has 0 fully saturated rings. The predicted molar refractivity (Wildman–Crippen MR) is 117 cm³/mol. The van der Waals surface area contributed by atoms with Crippen LogP contribution in [0.1, 0.15) is 35.0 Å². The molecule has 0 unspecified atom stereocenters. The normalized spacial score (nSPS) is 10.7. The van der Waals surface area contributed by atoms with Crippen molar-refractivity contribution in [3.63, 3.8) is 0 Å². The fourth-order valence-electron chi connectivity index (χ4n) is 2.88. The minimum Gasteiger partial charge on any atom is -0.495 e. The maximum absolute atomic E-state index is 13.1. The number of fused-ring (bicyclic) bond motifs is 1. The summed E-state index contributed by atoms with van der Waals surface area (Å²) in [6.45, 7) is 6.39. The van der Waals surface area contributed by atoms with Crippen molar-refractivity contribution in [3.8, 4) is 17.4 Å². The third-order valence-electron chi connectivity index (χ3n) is 4.63. The lowest BCUT2D eigenvalue weighted by molar-refractivity contribution is 0.101. The van der Waals surface area contributed by atoms with E-state index in [2.05, 4.69) is 15.3 Å². The highest BCUT2D eigenvalue weighted by Crippen LogP contribution is 2.36. The smallest absolute Gasteiger partial charge is 0.280 e. The van der Waals surface area contributed by atoms with Crippen LogP contribution in [0.5, 0.6) is 17.4 Å². The number of ether oxygens (including phenoxy) is 3. The van der Waals surface area contributed by atoms with E-state index in [0.717, 1.165) is 17.5 Å². The van der Waals surface area contributed by atoms with Crippen molar-refractivity contribution in [1.82, 2.24) is 9.97 Å². The average molecular weight is 430 g/mol. The van der Waals surface area contributed by atoms with E-state index in [1.165, 1.54) is 14.2 Å². The summed E-state index contributed by atoms with van der Waals surface area (Å²) in [6, 6.07) is 7.00. The Kier molecular flexibility index (Phi) is 6.62. The fourth-order valence-corrected chi connectivity index (χ4v) is 3.12. The number of nitrogens with one attached hydrogen (secondary N) is 1. The lowest BCUT2D eigenvalue weighted by Crippen LogP contribution is -2.17. The van der Waals surface area contributed by atoms with E-state index >= 15 is 0 Å². The predicted octanol–water partition coefficient (Wildman–Crippen LogP) is 4.96. The van der Waals surface area contributed by atoms with Gasteiger partial charge in [0.1, 0.15) is 11.5 Å². The van der Waals surface area contributed by atoms with Crippen LogP contribution in [0.4, 0.5) is 5.69 Å². The van der Waals surface area contributed by atoms with Gasteiger partial charge in [0.15, 0.2) is 5.69 Å². The molecule has 7 nitrogen and oxygen atoms in total. The van der Waals surface area contributed by atoms with Crippen LogP contribution in [0.25, 0.3) is 11.0 Å². The van der Waals surface area contributed by atoms with Gasteiger partial charge >= 0.3 is 0 Å². The molecule has 0 radical (unpaired) electrons. The highest BCUT2D eigenvalue weighted by Gasteiger charge is 2.21. The van der Waals surface area contributed by atoms with Crippen LogP contribution in [0, 0.1) is 13.8 Å². The Balaban J connectivity index is 2.05. The SMILES string of the molecule is CCCOc1nc2cc(C)c(C)cc2nc1C(=O)Nc1cc(Cl)c(OC)cc1OC. The highest BCUT2D eigenvalue weighted by atomic mass is 35.5. The third-order valence-corrected chi connectivity index (χ3v) is 4.92. The van der Waals surface area contributed by atoms with Gasteiger partial charge in [0.25, 0.3) is 5.91 Å². The summed E-state index contributed by atoms with van der Waals surface area (Å²) < 4.78 is 16.3. The molecule has 2 aromatic carbocycles. The van der Waals surface area contributed by atoms with Gasteiger partial charge in [-0.25, -0.2) is 9.97 Å². The summed E-state index contributed by atoms with van der Waals surface area (Å²) in [4.78, 5) is 22.2. The van der Waals surface area contributed by atoms with Gasteiger partial charge in [-0.1, -0.05) is 18.5 Å². The van der Waals surface area contributed by atoms with Gasteiger partial charge in [0, 0.05) is 6.07 Å². The molecule has 0 aliphatic heterocycles. The number of benzene rings is 2. The minimum absolute atomic E-state index is 0.0909. The largest absolute Gasteiger partial charge is 0.495 e. The number of hydrogen-bond donors (Lipinski definition) is 1. The lowest BCUT2D eigenvalue weighted by atomic mass is 10.1. The molecule has 158 valence electrons. The number of nitrogens with zero attached hydrogens (tertiary/aromatic N) is 2. The van der Waals surface area contributed by atoms with Crippen molar-refractivity contribution in [3.05, 3.63) is 46.1 Å². The number of hydrogen-bond acceptors (Lipinski definition) is 6. The average Bonchev–Trinajstić information content (AvgIpc) is 2.72. The van der Waals surface area contributed by atoms with E-state index in [0.29, 0.717) is 39.8 Å². The zero-order valence-corrected chi connectivity index (χ0v) is 18.4. The maximum atomic E-state index is 13.1. The van der Waals surface area contributed by atoms with E-state index in [4.69, 9.17) is 25.8 Å². The summed E-state index contributed by atoms with van der Waals surface area (Å²) in [7, 11) is 3.00. The van der Waals surface area contributed by atoms with Gasteiger partial charge in [-0.05, 0) is 49.6 Å². The summed E-state index contributed by atoms with van der Waals surface area (Å²) in [6.07, 6.45) is 0.773. The molecular formula is C22H24ClN3O4. The first-order valence-corrected chi connectivity index (χ1v) is 9.90. The van der Waals surface area contributed by atoms with Crippen LogP contribution >= 0.6 is 11.6 Å². The minimum atomic E-state index is -0.478. The van der Waals surface area contributed by atoms with Crippen LogP contribution in [-0.2, 0) is 0 Å². The number of anilines is 1. The quantitative estimate of drug-likeness (QED) is 0.571. The number of halogens is 1. The maximum Gasteiger partial charge on any atom is 0.280 e. The second kappa shape index (κ2) is 9.17. The van der Waals surface area contributed by atoms with Gasteiger partial charge < -0.3 is 19.5 Å². The number of amides is 1. The fraction of sp³-hybridized carbons (Fsp3) is 0.318. The van der Waals surface area contributed by atoms with Crippen molar-refractivity contribution >= 4 is 34.2 Å². The molecule has 1 amide bonds. The molecule has 0 spiro atoms. The van der Waals surface area contributed by atoms with E-state index in [9.17, 15) is 4.79 Å². The summed E-state index contributed by atoms with van der Waals surface area (Å²) >= 11 is 6.21. The van der Waals surface area contributed by atoms with Gasteiger partial charge in [-0.2, -0.15) is 0 Å². The Bertz CT molecular complexity index is 1100. The summed E-state index contributed by atoms with van der Waals surface area (Å²) in [5, 5.41) is 3.13. The number of methoxy groups -OCH3 is 2. The molecule has 0 aliphatic rings. The second-order valence-electron chi connectivity index (χ2n) is 6.79. The molecule has 0 atom stereocenters. The number of carbonyl (C=O) groups excluding carboxylic acids is 1. The van der Waals surface area contributed by atoms with E-state index in [1.54, 1.807) is 12.1 Å². The molecule has 1 N–H and O–H groups in total. The first kappa shape index (κ1) is 21.6. The summed E-state index contributed by atoms with van der Waals surface area (Å²) in [5.41, 5.74) is 3.92. The van der Waals surface area contributed by atoms with Gasteiger partial charge in [0.2, 0.25) is 5.88 Å². The Morgan fingerprint density at radius 1 is 1.00 bits per heavy atom. The third kappa shape index (κ3) is 4.41. The van der Waals surface area contributed by atoms with Gasteiger partial charge in [-0.3, -0.25) is 4.79 Å². The number of carbonyl (C=O) groups is 1. The Hall–Kier alpha value is -3.06. The van der Waals surface area contributed by atoms with Crippen molar-refractivity contribution in [1.29, 1.82) is 0 Å². The van der Waals surface area contributed by atoms with Gasteiger partial charge in [-0.15, -0.1) is 0 Å². The Morgan fingerprint density at radius 2 is 1.63 bits per heavy atom. The zero-order valence-electron chi connectivity index (χ0n) is 17.6. The molecule has 3 aromatic rings. The second-order valence-corrected chi connectivity index (χ2v) is 7.20. The molecule has 0 bridgehead atoms. The van der Waals surface area contributed by atoms with Crippen molar-refractivity contribution < 1.29 is 19.0 Å². The highest BCUT2D eigenvalue weighted by molar-refractivity contribution is 6.32. The number of aromatic nitrogens is 2. The van der Waals surface area contributed by atoms with Crippen LogP contribution < -0.4 is 19.5 Å². The monoisotopic (exact) mass is 429 g/mol. The van der Waals surface area contributed by atoms with E-state index in [1.807, 2.05) is 32.9 Å². The topological polar surface area (TPSA) is 82.6 Å². The van der Waals surface area contributed by atoms with Crippen LogP contribution in [0.2, 0.25) is 5.02 Å².